The number of aliphatic hydroxyl groups excluding tert-OH is 2. The number of hydrogen-bond donors (Lipinski definition) is 3. The molecule has 260 valence electrons. The summed E-state index contributed by atoms with van der Waals surface area (Å²) in [5.41, 5.74) is 1.57. The molecule has 6 aliphatic carbocycles. The van der Waals surface area contributed by atoms with Gasteiger partial charge in [0.1, 0.15) is 0 Å². The quantitative estimate of drug-likeness (QED) is 0.314. The lowest BCUT2D eigenvalue weighted by atomic mass is 9.50. The monoisotopic (exact) mass is 643 g/mol. The molecule has 1 aromatic rings. The molecule has 4 nitrogen and oxygen atoms in total. The van der Waals surface area contributed by atoms with Crippen LogP contribution in [0.1, 0.15) is 122 Å². The molecule has 2 aliphatic heterocycles. The summed E-state index contributed by atoms with van der Waals surface area (Å²) in [6.07, 6.45) is 20.1. The number of piperidine rings is 2. The highest BCUT2D eigenvalue weighted by Crippen LogP contribution is 2.68. The summed E-state index contributed by atoms with van der Waals surface area (Å²) in [5.74, 6) is 6.02. The van der Waals surface area contributed by atoms with Crippen LogP contribution in [-0.4, -0.2) is 57.2 Å². The van der Waals surface area contributed by atoms with Gasteiger partial charge in [-0.05, 0) is 178 Å². The first-order valence-corrected chi connectivity index (χ1v) is 20.5. The first kappa shape index (κ1) is 32.0. The number of nitrogens with zero attached hydrogens (tertiary/aromatic N) is 1. The van der Waals surface area contributed by atoms with E-state index in [1.807, 2.05) is 0 Å². The standard InChI is InChI=1S/C43H65NO3/c1-27-10-13-40-43(47,30-9-6-16-42(24-30)18-14-29(23-42)19-28-7-4-3-5-8-28)36-12-11-32-33(35(36)26-44(40)25-27)21-37-34(32)22-39(46)38-20-31(45)15-17-41(37,38)2/h3-5,7-8,27,29-40,45-47H,6,9-26H2,1-2H3. The SMILES string of the molecule is CC1CCC2N(C1)CC1C3CC4C(CC(O)C5CC(O)CCC54C)C3CCC1C2(O)C1CCCC2(CCC(Cc3ccccc3)C2)C1. The molecule has 0 amide bonds. The number of fused-ring (bicyclic) bond motifs is 8. The Balaban J connectivity index is 0.999. The third kappa shape index (κ3) is 5.09. The summed E-state index contributed by atoms with van der Waals surface area (Å²) in [6.45, 7) is 7.34. The third-order valence-corrected chi connectivity index (χ3v) is 17.5. The molecular weight excluding hydrogens is 578 g/mol. The molecule has 8 fully saturated rings. The Morgan fingerprint density at radius 3 is 2.45 bits per heavy atom. The Bertz CT molecular complexity index is 1290. The molecule has 0 radical (unpaired) electrons. The van der Waals surface area contributed by atoms with Crippen molar-refractivity contribution in [2.24, 2.45) is 70.0 Å². The Hall–Kier alpha value is -0.940. The van der Waals surface area contributed by atoms with Crippen LogP contribution in [0.3, 0.4) is 0 Å². The average molecular weight is 644 g/mol. The van der Waals surface area contributed by atoms with Gasteiger partial charge in [0.15, 0.2) is 0 Å². The maximum atomic E-state index is 13.7. The summed E-state index contributed by atoms with van der Waals surface area (Å²) >= 11 is 0. The maximum Gasteiger partial charge on any atom is 0.0861 e. The lowest BCUT2D eigenvalue weighted by Gasteiger charge is -2.64. The minimum absolute atomic E-state index is 0.163. The van der Waals surface area contributed by atoms with E-state index in [1.165, 1.54) is 102 Å². The minimum atomic E-state index is -0.548. The number of benzene rings is 1. The second-order valence-corrected chi connectivity index (χ2v) is 19.7. The maximum absolute atomic E-state index is 13.7. The molecular formula is C43H65NO3. The van der Waals surface area contributed by atoms with E-state index in [1.54, 1.807) is 0 Å². The molecule has 9 rings (SSSR count). The Labute approximate surface area is 285 Å². The van der Waals surface area contributed by atoms with E-state index >= 15 is 0 Å². The predicted octanol–water partition coefficient (Wildman–Crippen LogP) is 7.88. The molecule has 0 aromatic heterocycles. The first-order chi connectivity index (χ1) is 22.7. The zero-order valence-electron chi connectivity index (χ0n) is 29.6. The molecule has 0 bridgehead atoms. The molecule has 47 heavy (non-hydrogen) atoms. The Morgan fingerprint density at radius 2 is 1.60 bits per heavy atom. The van der Waals surface area contributed by atoms with Gasteiger partial charge in [-0.2, -0.15) is 0 Å². The summed E-state index contributed by atoms with van der Waals surface area (Å²) in [6, 6.07) is 11.6. The van der Waals surface area contributed by atoms with Gasteiger partial charge in [-0.3, -0.25) is 4.90 Å². The van der Waals surface area contributed by atoms with Crippen LogP contribution in [0.5, 0.6) is 0 Å². The molecule has 16 unspecified atom stereocenters. The van der Waals surface area contributed by atoms with Gasteiger partial charge in [-0.25, -0.2) is 0 Å². The summed E-state index contributed by atoms with van der Waals surface area (Å²) in [5, 5.41) is 35.8. The lowest BCUT2D eigenvalue weighted by molar-refractivity contribution is -0.221. The van der Waals surface area contributed by atoms with Crippen molar-refractivity contribution in [3.63, 3.8) is 0 Å². The number of hydrogen-bond acceptors (Lipinski definition) is 4. The third-order valence-electron chi connectivity index (χ3n) is 17.5. The van der Waals surface area contributed by atoms with Gasteiger partial charge in [-0.1, -0.05) is 50.6 Å². The van der Waals surface area contributed by atoms with Crippen LogP contribution in [-0.2, 0) is 6.42 Å². The van der Waals surface area contributed by atoms with Crippen molar-refractivity contribution in [3.05, 3.63) is 35.9 Å². The number of rotatable bonds is 3. The van der Waals surface area contributed by atoms with Gasteiger partial charge in [0, 0.05) is 19.1 Å². The van der Waals surface area contributed by atoms with Crippen molar-refractivity contribution in [3.8, 4) is 0 Å². The number of aliphatic hydroxyl groups is 3. The highest BCUT2D eigenvalue weighted by atomic mass is 16.3. The van der Waals surface area contributed by atoms with Crippen molar-refractivity contribution in [1.82, 2.24) is 4.90 Å². The highest BCUT2D eigenvalue weighted by Gasteiger charge is 2.67. The van der Waals surface area contributed by atoms with Gasteiger partial charge in [-0.15, -0.1) is 0 Å². The zero-order chi connectivity index (χ0) is 32.1. The molecule has 16 atom stereocenters. The van der Waals surface area contributed by atoms with Crippen LogP contribution in [0.2, 0.25) is 0 Å². The van der Waals surface area contributed by atoms with Gasteiger partial charge < -0.3 is 15.3 Å². The Morgan fingerprint density at radius 1 is 0.745 bits per heavy atom. The fourth-order valence-corrected chi connectivity index (χ4v) is 15.6. The first-order valence-electron chi connectivity index (χ1n) is 20.5. The minimum Gasteiger partial charge on any atom is -0.393 e. The van der Waals surface area contributed by atoms with Crippen LogP contribution < -0.4 is 0 Å². The van der Waals surface area contributed by atoms with Gasteiger partial charge in [0.2, 0.25) is 0 Å². The van der Waals surface area contributed by atoms with Crippen LogP contribution in [0.4, 0.5) is 0 Å². The summed E-state index contributed by atoms with van der Waals surface area (Å²) in [4.78, 5) is 2.85. The molecule has 1 aromatic carbocycles. The molecule has 3 N–H and O–H groups in total. The predicted molar refractivity (Wildman–Crippen MR) is 187 cm³/mol. The fraction of sp³-hybridized carbons (Fsp3) is 0.860. The highest BCUT2D eigenvalue weighted by molar-refractivity contribution is 5.19. The second-order valence-electron chi connectivity index (χ2n) is 19.7. The van der Waals surface area contributed by atoms with E-state index in [-0.39, 0.29) is 23.5 Å². The molecule has 8 aliphatic rings. The second kappa shape index (κ2) is 11.8. The van der Waals surface area contributed by atoms with Crippen molar-refractivity contribution >= 4 is 0 Å². The largest absolute Gasteiger partial charge is 0.393 e. The van der Waals surface area contributed by atoms with E-state index in [4.69, 9.17) is 0 Å². The van der Waals surface area contributed by atoms with Crippen LogP contribution in [0, 0.1) is 70.0 Å². The topological polar surface area (TPSA) is 63.9 Å². The van der Waals surface area contributed by atoms with E-state index in [0.29, 0.717) is 47.0 Å². The van der Waals surface area contributed by atoms with Crippen LogP contribution in [0.25, 0.3) is 0 Å². The van der Waals surface area contributed by atoms with Gasteiger partial charge in [0.25, 0.3) is 0 Å². The van der Waals surface area contributed by atoms with E-state index in [0.717, 1.165) is 43.4 Å². The zero-order valence-corrected chi connectivity index (χ0v) is 29.6. The van der Waals surface area contributed by atoms with E-state index in [2.05, 4.69) is 49.1 Å². The normalized spacial score (nSPS) is 54.3. The average Bonchev–Trinajstić information content (AvgIpc) is 3.63. The fourth-order valence-electron chi connectivity index (χ4n) is 15.6. The molecule has 2 heterocycles. The molecule has 4 heteroatoms. The van der Waals surface area contributed by atoms with E-state index in [9.17, 15) is 15.3 Å². The molecule has 1 spiro atoms. The van der Waals surface area contributed by atoms with Gasteiger partial charge in [0.05, 0.1) is 17.8 Å². The molecule has 6 saturated carbocycles. The summed E-state index contributed by atoms with van der Waals surface area (Å²) < 4.78 is 0. The lowest BCUT2D eigenvalue weighted by Crippen LogP contribution is -2.71. The van der Waals surface area contributed by atoms with E-state index < -0.39 is 5.60 Å². The van der Waals surface area contributed by atoms with Crippen LogP contribution in [0.15, 0.2) is 30.3 Å². The van der Waals surface area contributed by atoms with Crippen molar-refractivity contribution in [1.29, 1.82) is 0 Å². The van der Waals surface area contributed by atoms with Gasteiger partial charge >= 0.3 is 0 Å². The van der Waals surface area contributed by atoms with Crippen molar-refractivity contribution in [2.75, 3.05) is 13.1 Å². The smallest absolute Gasteiger partial charge is 0.0861 e. The van der Waals surface area contributed by atoms with Crippen molar-refractivity contribution < 1.29 is 15.3 Å². The van der Waals surface area contributed by atoms with Crippen molar-refractivity contribution in [2.45, 2.75) is 147 Å². The molecule has 2 saturated heterocycles. The van der Waals surface area contributed by atoms with Crippen LogP contribution >= 0.6 is 0 Å². The summed E-state index contributed by atoms with van der Waals surface area (Å²) in [7, 11) is 0. The Kier molecular flexibility index (Phi) is 8.04.